The predicted octanol–water partition coefficient (Wildman–Crippen LogP) is 1.31. The first-order valence-corrected chi connectivity index (χ1v) is 9.31. The Hall–Kier alpha value is -1.99. The molecule has 2 heterocycles. The fourth-order valence-corrected chi connectivity index (χ4v) is 3.52. The van der Waals surface area contributed by atoms with Crippen molar-refractivity contribution in [2.24, 2.45) is 0 Å². The van der Waals surface area contributed by atoms with Gasteiger partial charge in [0.15, 0.2) is 18.1 Å². The summed E-state index contributed by atoms with van der Waals surface area (Å²) in [5.74, 6) is 1.29. The van der Waals surface area contributed by atoms with Crippen LogP contribution in [0.4, 0.5) is 0 Å². The van der Waals surface area contributed by atoms with Gasteiger partial charge in [0.1, 0.15) is 0 Å². The summed E-state index contributed by atoms with van der Waals surface area (Å²) in [4.78, 5) is 28.4. The SMILES string of the molecule is CCOc1ccccc1OCC(=O)N1CCCC(N2CCNCC2=O)C1.Cl. The minimum Gasteiger partial charge on any atom is -0.490 e. The van der Waals surface area contributed by atoms with Gasteiger partial charge in [0.2, 0.25) is 5.91 Å². The molecule has 8 heteroatoms. The Morgan fingerprint density at radius 2 is 1.96 bits per heavy atom. The van der Waals surface area contributed by atoms with Crippen LogP contribution in [0, 0.1) is 0 Å². The van der Waals surface area contributed by atoms with E-state index >= 15 is 0 Å². The molecular formula is C19H28ClN3O4. The van der Waals surface area contributed by atoms with Crippen molar-refractivity contribution in [3.63, 3.8) is 0 Å². The van der Waals surface area contributed by atoms with E-state index in [4.69, 9.17) is 9.47 Å². The molecule has 0 saturated carbocycles. The van der Waals surface area contributed by atoms with Gasteiger partial charge in [-0.15, -0.1) is 12.4 Å². The summed E-state index contributed by atoms with van der Waals surface area (Å²) in [6.07, 6.45) is 1.85. The van der Waals surface area contributed by atoms with E-state index in [0.717, 1.165) is 19.4 Å². The largest absolute Gasteiger partial charge is 0.490 e. The number of likely N-dealkylation sites (tertiary alicyclic amines) is 1. The number of carbonyl (C=O) groups is 2. The molecule has 150 valence electrons. The van der Waals surface area contributed by atoms with Crippen LogP contribution in [-0.4, -0.2) is 73.6 Å². The van der Waals surface area contributed by atoms with Gasteiger partial charge in [-0.05, 0) is 31.9 Å². The highest BCUT2D eigenvalue weighted by molar-refractivity contribution is 5.85. The Morgan fingerprint density at radius 3 is 2.67 bits per heavy atom. The number of piperazine rings is 1. The highest BCUT2D eigenvalue weighted by Gasteiger charge is 2.31. The van der Waals surface area contributed by atoms with Crippen LogP contribution < -0.4 is 14.8 Å². The Bertz CT molecular complexity index is 643. The number of para-hydroxylation sites is 2. The molecule has 0 aromatic heterocycles. The fraction of sp³-hybridized carbons (Fsp3) is 0.579. The lowest BCUT2D eigenvalue weighted by Gasteiger charge is -2.41. The minimum absolute atomic E-state index is 0. The first-order chi connectivity index (χ1) is 12.7. The lowest BCUT2D eigenvalue weighted by Crippen LogP contribution is -2.57. The first-order valence-electron chi connectivity index (χ1n) is 9.31. The van der Waals surface area contributed by atoms with Gasteiger partial charge in [-0.25, -0.2) is 0 Å². The maximum atomic E-state index is 12.6. The molecule has 7 nitrogen and oxygen atoms in total. The van der Waals surface area contributed by atoms with E-state index in [1.54, 1.807) is 6.07 Å². The highest BCUT2D eigenvalue weighted by Crippen LogP contribution is 2.26. The van der Waals surface area contributed by atoms with Crippen LogP contribution in [0.2, 0.25) is 0 Å². The molecule has 1 atom stereocenters. The Morgan fingerprint density at radius 1 is 1.22 bits per heavy atom. The highest BCUT2D eigenvalue weighted by atomic mass is 35.5. The number of amides is 2. The van der Waals surface area contributed by atoms with E-state index in [9.17, 15) is 9.59 Å². The van der Waals surface area contributed by atoms with Crippen molar-refractivity contribution in [3.05, 3.63) is 24.3 Å². The van der Waals surface area contributed by atoms with Gasteiger partial charge in [-0.1, -0.05) is 12.1 Å². The van der Waals surface area contributed by atoms with E-state index in [0.29, 0.717) is 44.3 Å². The maximum absolute atomic E-state index is 12.6. The molecular weight excluding hydrogens is 370 g/mol. The third kappa shape index (κ3) is 5.49. The average molecular weight is 398 g/mol. The number of rotatable bonds is 6. The zero-order chi connectivity index (χ0) is 18.4. The van der Waals surface area contributed by atoms with Crippen molar-refractivity contribution >= 4 is 24.2 Å². The Labute approximate surface area is 166 Å². The zero-order valence-corrected chi connectivity index (χ0v) is 16.5. The summed E-state index contributed by atoms with van der Waals surface area (Å²) in [7, 11) is 0. The molecule has 2 aliphatic heterocycles. The van der Waals surface area contributed by atoms with Gasteiger partial charge in [0.05, 0.1) is 13.2 Å². The van der Waals surface area contributed by atoms with Crippen LogP contribution in [-0.2, 0) is 9.59 Å². The lowest BCUT2D eigenvalue weighted by atomic mass is 10.0. The normalized spacial score (nSPS) is 20.0. The minimum atomic E-state index is -0.0522. The number of carbonyl (C=O) groups excluding carboxylic acids is 2. The molecule has 1 aromatic rings. The van der Waals surface area contributed by atoms with Gasteiger partial charge >= 0.3 is 0 Å². The molecule has 2 saturated heterocycles. The molecule has 3 rings (SSSR count). The van der Waals surface area contributed by atoms with Crippen molar-refractivity contribution < 1.29 is 19.1 Å². The second-order valence-corrected chi connectivity index (χ2v) is 6.57. The first kappa shape index (κ1) is 21.3. The van der Waals surface area contributed by atoms with Gasteiger partial charge in [-0.2, -0.15) is 0 Å². The zero-order valence-electron chi connectivity index (χ0n) is 15.7. The van der Waals surface area contributed by atoms with Crippen LogP contribution in [0.25, 0.3) is 0 Å². The van der Waals surface area contributed by atoms with Crippen molar-refractivity contribution in [2.75, 3.05) is 45.9 Å². The number of hydrogen-bond donors (Lipinski definition) is 1. The number of hydrogen-bond acceptors (Lipinski definition) is 5. The molecule has 2 fully saturated rings. The molecule has 0 radical (unpaired) electrons. The summed E-state index contributed by atoms with van der Waals surface area (Å²) in [5, 5.41) is 3.09. The molecule has 0 aliphatic carbocycles. The number of ether oxygens (including phenoxy) is 2. The van der Waals surface area contributed by atoms with E-state index in [2.05, 4.69) is 5.32 Å². The Kier molecular flexibility index (Phi) is 8.19. The average Bonchev–Trinajstić information content (AvgIpc) is 2.68. The van der Waals surface area contributed by atoms with E-state index in [1.807, 2.05) is 34.9 Å². The van der Waals surface area contributed by atoms with Gasteiger partial charge in [0.25, 0.3) is 5.91 Å². The molecule has 27 heavy (non-hydrogen) atoms. The second-order valence-electron chi connectivity index (χ2n) is 6.57. The quantitative estimate of drug-likeness (QED) is 0.783. The lowest BCUT2D eigenvalue weighted by molar-refractivity contribution is -0.141. The summed E-state index contributed by atoms with van der Waals surface area (Å²) >= 11 is 0. The van der Waals surface area contributed by atoms with Crippen molar-refractivity contribution in [1.29, 1.82) is 0 Å². The topological polar surface area (TPSA) is 71.1 Å². The standard InChI is InChI=1S/C19H27N3O4.ClH/c1-2-25-16-7-3-4-8-17(16)26-14-19(24)21-10-5-6-15(13-21)22-11-9-20-12-18(22)23;/h3-4,7-8,15,20H,2,5-6,9-14H2,1H3;1H. The summed E-state index contributed by atoms with van der Waals surface area (Å²) in [6.45, 7) is 5.65. The van der Waals surface area contributed by atoms with Gasteiger partial charge < -0.3 is 24.6 Å². The molecule has 0 bridgehead atoms. The smallest absolute Gasteiger partial charge is 0.260 e. The number of benzene rings is 1. The second kappa shape index (κ2) is 10.4. The summed E-state index contributed by atoms with van der Waals surface area (Å²) < 4.78 is 11.2. The molecule has 2 aliphatic rings. The molecule has 2 amide bonds. The van der Waals surface area contributed by atoms with Crippen LogP contribution in [0.15, 0.2) is 24.3 Å². The van der Waals surface area contributed by atoms with Gasteiger partial charge in [-0.3, -0.25) is 9.59 Å². The molecule has 1 N–H and O–H groups in total. The number of nitrogens with one attached hydrogen (secondary N) is 1. The molecule has 1 aromatic carbocycles. The number of piperidine rings is 1. The monoisotopic (exact) mass is 397 g/mol. The Balaban J connectivity index is 0.00000261. The molecule has 0 spiro atoms. The van der Waals surface area contributed by atoms with Crippen LogP contribution in [0.3, 0.4) is 0 Å². The third-order valence-corrected chi connectivity index (χ3v) is 4.82. The number of halogens is 1. The van der Waals surface area contributed by atoms with E-state index in [1.165, 1.54) is 0 Å². The van der Waals surface area contributed by atoms with E-state index < -0.39 is 0 Å². The maximum Gasteiger partial charge on any atom is 0.260 e. The van der Waals surface area contributed by atoms with Crippen LogP contribution in [0.5, 0.6) is 11.5 Å². The van der Waals surface area contributed by atoms with Crippen molar-refractivity contribution in [3.8, 4) is 11.5 Å². The van der Waals surface area contributed by atoms with E-state index in [-0.39, 0.29) is 36.9 Å². The fourth-order valence-electron chi connectivity index (χ4n) is 3.52. The van der Waals surface area contributed by atoms with Crippen molar-refractivity contribution in [1.82, 2.24) is 15.1 Å². The summed E-state index contributed by atoms with van der Waals surface area (Å²) in [5.41, 5.74) is 0. The third-order valence-electron chi connectivity index (χ3n) is 4.82. The van der Waals surface area contributed by atoms with Crippen molar-refractivity contribution in [2.45, 2.75) is 25.8 Å². The number of nitrogens with zero attached hydrogens (tertiary/aromatic N) is 2. The van der Waals surface area contributed by atoms with Crippen LogP contribution >= 0.6 is 12.4 Å². The van der Waals surface area contributed by atoms with Crippen LogP contribution in [0.1, 0.15) is 19.8 Å². The predicted molar refractivity (Wildman–Crippen MR) is 105 cm³/mol. The molecule has 1 unspecified atom stereocenters. The van der Waals surface area contributed by atoms with Gasteiger partial charge in [0, 0.05) is 32.2 Å². The summed E-state index contributed by atoms with van der Waals surface area (Å²) in [6, 6.07) is 7.47.